The number of furan rings is 1. The zero-order valence-electron chi connectivity index (χ0n) is 23.7. The van der Waals surface area contributed by atoms with Gasteiger partial charge in [-0.15, -0.1) is 0 Å². The van der Waals surface area contributed by atoms with Crippen molar-refractivity contribution in [2.24, 2.45) is 0 Å². The molecular formula is C32H28FN3O7S. The third-order valence-electron chi connectivity index (χ3n) is 7.07. The maximum Gasteiger partial charge on any atom is 0.286 e. The minimum absolute atomic E-state index is 0.0499. The van der Waals surface area contributed by atoms with Gasteiger partial charge in [0.05, 0.1) is 30.4 Å². The van der Waals surface area contributed by atoms with Crippen LogP contribution in [-0.4, -0.2) is 35.5 Å². The fourth-order valence-corrected chi connectivity index (χ4v) is 6.09. The van der Waals surface area contributed by atoms with Gasteiger partial charge in [-0.3, -0.25) is 4.79 Å². The molecular weight excluding hydrogens is 589 g/mol. The van der Waals surface area contributed by atoms with Crippen molar-refractivity contribution in [3.63, 3.8) is 0 Å². The lowest BCUT2D eigenvalue weighted by molar-refractivity contribution is 0.0280. The van der Waals surface area contributed by atoms with Crippen molar-refractivity contribution in [1.29, 1.82) is 0 Å². The van der Waals surface area contributed by atoms with Crippen molar-refractivity contribution in [2.75, 3.05) is 12.5 Å². The molecule has 0 saturated carbocycles. The smallest absolute Gasteiger partial charge is 0.286 e. The molecule has 0 saturated heterocycles. The van der Waals surface area contributed by atoms with Crippen LogP contribution in [0.15, 0.2) is 99.6 Å². The molecule has 6 rings (SSSR count). The number of hydrogen-bond donors (Lipinski definition) is 0. The molecule has 0 bridgehead atoms. The number of halogens is 1. The second kappa shape index (κ2) is 12.4. The van der Waals surface area contributed by atoms with E-state index >= 15 is 0 Å². The van der Waals surface area contributed by atoms with Crippen LogP contribution in [0, 0.1) is 12.7 Å². The van der Waals surface area contributed by atoms with Crippen LogP contribution in [0.25, 0.3) is 11.3 Å². The summed E-state index contributed by atoms with van der Waals surface area (Å²) >= 11 is 0. The van der Waals surface area contributed by atoms with E-state index in [-0.39, 0.29) is 48.5 Å². The standard InChI is InChI=1S/C32H28FN3O7S/c1-21-14-27(24-16-26(33)31(37)36(18-24)17-22-9-10-29-30(15-22)43-20-42-29)35-32(34-21)44(38,39)13-11-28(23-6-3-2-4-7-23)41-19-25-8-5-12-40-25/h2-10,12,14-16,18,28H,11,13,17,19-20H2,1H3. The second-order valence-corrected chi connectivity index (χ2v) is 12.3. The average Bonchev–Trinajstić information content (AvgIpc) is 3.72. The molecule has 10 nitrogen and oxygen atoms in total. The number of ether oxygens (including phenoxy) is 3. The van der Waals surface area contributed by atoms with Crippen molar-refractivity contribution >= 4 is 9.84 Å². The molecule has 5 aromatic rings. The van der Waals surface area contributed by atoms with E-state index < -0.39 is 27.3 Å². The Morgan fingerprint density at radius 1 is 1.00 bits per heavy atom. The number of rotatable bonds is 11. The summed E-state index contributed by atoms with van der Waals surface area (Å²) in [6, 6.07) is 20.6. The van der Waals surface area contributed by atoms with Gasteiger partial charge in [-0.2, -0.15) is 0 Å². The van der Waals surface area contributed by atoms with Crippen LogP contribution in [-0.2, 0) is 27.7 Å². The number of pyridine rings is 1. The predicted molar refractivity (Wildman–Crippen MR) is 157 cm³/mol. The first-order valence-corrected chi connectivity index (χ1v) is 15.5. The van der Waals surface area contributed by atoms with E-state index in [0.717, 1.165) is 11.6 Å². The van der Waals surface area contributed by atoms with Crippen LogP contribution in [0.5, 0.6) is 11.5 Å². The molecule has 44 heavy (non-hydrogen) atoms. The molecule has 0 radical (unpaired) electrons. The largest absolute Gasteiger partial charge is 0.467 e. The quantitative estimate of drug-likeness (QED) is 0.183. The van der Waals surface area contributed by atoms with Crippen LogP contribution < -0.4 is 15.0 Å². The van der Waals surface area contributed by atoms with Crippen LogP contribution >= 0.6 is 0 Å². The summed E-state index contributed by atoms with van der Waals surface area (Å²) in [6.45, 7) is 1.95. The molecule has 1 aliphatic heterocycles. The normalized spacial score (nSPS) is 13.2. The fraction of sp³-hybridized carbons (Fsp3) is 0.219. The predicted octanol–water partition coefficient (Wildman–Crippen LogP) is 5.24. The van der Waals surface area contributed by atoms with E-state index in [4.69, 9.17) is 18.6 Å². The monoisotopic (exact) mass is 617 g/mol. The Morgan fingerprint density at radius 2 is 1.82 bits per heavy atom. The lowest BCUT2D eigenvalue weighted by Crippen LogP contribution is -2.23. The highest BCUT2D eigenvalue weighted by Crippen LogP contribution is 2.33. The summed E-state index contributed by atoms with van der Waals surface area (Å²) in [5, 5.41) is -0.390. The summed E-state index contributed by atoms with van der Waals surface area (Å²) in [6.07, 6.45) is 2.59. The maximum absolute atomic E-state index is 14.9. The highest BCUT2D eigenvalue weighted by atomic mass is 32.2. The minimum Gasteiger partial charge on any atom is -0.467 e. The highest BCUT2D eigenvalue weighted by Gasteiger charge is 2.24. The van der Waals surface area contributed by atoms with Crippen LogP contribution in [0.4, 0.5) is 4.39 Å². The number of benzene rings is 2. The topological polar surface area (TPSA) is 123 Å². The van der Waals surface area contributed by atoms with E-state index in [1.165, 1.54) is 10.8 Å². The third-order valence-corrected chi connectivity index (χ3v) is 8.58. The van der Waals surface area contributed by atoms with E-state index in [0.29, 0.717) is 28.5 Å². The van der Waals surface area contributed by atoms with Gasteiger partial charge in [0.2, 0.25) is 21.8 Å². The summed E-state index contributed by atoms with van der Waals surface area (Å²) in [5.74, 6) is 0.446. The van der Waals surface area contributed by atoms with E-state index in [9.17, 15) is 17.6 Å². The van der Waals surface area contributed by atoms with Crippen LogP contribution in [0.2, 0.25) is 0 Å². The molecule has 226 valence electrons. The van der Waals surface area contributed by atoms with E-state index in [2.05, 4.69) is 9.97 Å². The first kappa shape index (κ1) is 29.3. The summed E-state index contributed by atoms with van der Waals surface area (Å²) in [5.41, 5.74) is 1.46. The molecule has 0 aliphatic carbocycles. The number of sulfone groups is 1. The Bertz CT molecular complexity index is 1940. The average molecular weight is 618 g/mol. The van der Waals surface area contributed by atoms with Crippen molar-refractivity contribution < 1.29 is 31.4 Å². The molecule has 12 heteroatoms. The number of fused-ring (bicyclic) bond motifs is 1. The van der Waals surface area contributed by atoms with E-state index in [1.807, 2.05) is 30.3 Å². The molecule has 4 heterocycles. The zero-order valence-corrected chi connectivity index (χ0v) is 24.5. The fourth-order valence-electron chi connectivity index (χ4n) is 4.87. The molecule has 3 aromatic heterocycles. The van der Waals surface area contributed by atoms with Gasteiger partial charge < -0.3 is 23.2 Å². The Morgan fingerprint density at radius 3 is 2.61 bits per heavy atom. The van der Waals surface area contributed by atoms with Gasteiger partial charge in [0.25, 0.3) is 5.56 Å². The number of nitrogens with zero attached hydrogens (tertiary/aromatic N) is 3. The van der Waals surface area contributed by atoms with Gasteiger partial charge in [0.15, 0.2) is 17.3 Å². The molecule has 0 spiro atoms. The van der Waals surface area contributed by atoms with Gasteiger partial charge in [-0.1, -0.05) is 36.4 Å². The Kier molecular flexibility index (Phi) is 8.27. The first-order chi connectivity index (χ1) is 21.2. The molecule has 0 fully saturated rings. The van der Waals surface area contributed by atoms with Crippen molar-refractivity contribution in [1.82, 2.24) is 14.5 Å². The second-order valence-electron chi connectivity index (χ2n) is 10.3. The molecule has 1 unspecified atom stereocenters. The van der Waals surface area contributed by atoms with Gasteiger partial charge >= 0.3 is 0 Å². The van der Waals surface area contributed by atoms with E-state index in [1.54, 1.807) is 49.6 Å². The SMILES string of the molecule is Cc1cc(-c2cc(F)c(=O)n(Cc3ccc4c(c3)OCO4)c2)nc(S(=O)(=O)CCC(OCc2ccco2)c2ccccc2)n1. The Balaban J connectivity index is 1.25. The van der Waals surface area contributed by atoms with Crippen LogP contribution in [0.3, 0.4) is 0 Å². The lowest BCUT2D eigenvalue weighted by Gasteiger charge is -2.18. The Hall–Kier alpha value is -4.81. The number of aryl methyl sites for hydroxylation is 1. The molecule has 0 N–H and O–H groups in total. The minimum atomic E-state index is -3.98. The van der Waals surface area contributed by atoms with Gasteiger partial charge in [-0.05, 0) is 60.9 Å². The number of hydrogen-bond acceptors (Lipinski definition) is 9. The van der Waals surface area contributed by atoms with Crippen molar-refractivity contribution in [3.8, 4) is 22.8 Å². The Labute approximate surface area is 252 Å². The van der Waals surface area contributed by atoms with Gasteiger partial charge in [0.1, 0.15) is 12.4 Å². The molecule has 2 aromatic carbocycles. The van der Waals surface area contributed by atoms with Crippen molar-refractivity contribution in [3.05, 3.63) is 124 Å². The van der Waals surface area contributed by atoms with Crippen LogP contribution in [0.1, 0.15) is 35.1 Å². The molecule has 1 atom stereocenters. The third kappa shape index (κ3) is 6.56. The molecule has 0 amide bonds. The summed E-state index contributed by atoms with van der Waals surface area (Å²) in [4.78, 5) is 21.2. The van der Waals surface area contributed by atoms with Crippen molar-refractivity contribution in [2.45, 2.75) is 37.8 Å². The summed E-state index contributed by atoms with van der Waals surface area (Å²) < 4.78 is 65.2. The maximum atomic E-state index is 14.9. The number of aromatic nitrogens is 3. The zero-order chi connectivity index (χ0) is 30.7. The first-order valence-electron chi connectivity index (χ1n) is 13.8. The lowest BCUT2D eigenvalue weighted by atomic mass is 10.1. The highest BCUT2D eigenvalue weighted by molar-refractivity contribution is 7.91. The molecule has 1 aliphatic rings. The van der Waals surface area contributed by atoms with Gasteiger partial charge in [0, 0.05) is 17.5 Å². The summed E-state index contributed by atoms with van der Waals surface area (Å²) in [7, 11) is -3.98. The van der Waals surface area contributed by atoms with Gasteiger partial charge in [-0.25, -0.2) is 22.8 Å².